The summed E-state index contributed by atoms with van der Waals surface area (Å²) < 4.78 is 72.9. The Morgan fingerprint density at radius 2 is 1.86 bits per heavy atom. The van der Waals surface area contributed by atoms with Crippen molar-refractivity contribution in [3.05, 3.63) is 81.7 Å². The highest BCUT2D eigenvalue weighted by Gasteiger charge is 2.32. The van der Waals surface area contributed by atoms with Crippen LogP contribution in [-0.2, 0) is 19.6 Å². The van der Waals surface area contributed by atoms with Gasteiger partial charge in [0, 0.05) is 13.5 Å². The number of amides is 1. The monoisotopic (exact) mass is 511 g/mol. The number of carboxylic acid groups (broad SMARTS) is 1. The van der Waals surface area contributed by atoms with Gasteiger partial charge in [0.1, 0.15) is 17.0 Å². The molecule has 0 aliphatic rings. The maximum absolute atomic E-state index is 13.8. The lowest BCUT2D eigenvalue weighted by atomic mass is 10.0. The number of carbonyl (C=O) groups excluding carboxylic acids is 1. The van der Waals surface area contributed by atoms with Gasteiger partial charge in [0.05, 0.1) is 30.0 Å². The molecule has 0 saturated heterocycles. The van der Waals surface area contributed by atoms with Gasteiger partial charge in [-0.25, -0.2) is 13.6 Å². The van der Waals surface area contributed by atoms with Gasteiger partial charge in [0.15, 0.2) is 0 Å². The summed E-state index contributed by atoms with van der Waals surface area (Å²) in [5.74, 6) is -2.08. The van der Waals surface area contributed by atoms with E-state index in [2.05, 4.69) is 10.4 Å². The molecule has 1 heterocycles. The van der Waals surface area contributed by atoms with Crippen molar-refractivity contribution >= 4 is 11.9 Å². The molecule has 192 valence electrons. The summed E-state index contributed by atoms with van der Waals surface area (Å²) in [6, 6.07) is 7.68. The Labute approximate surface area is 202 Å². The molecule has 3 rings (SSSR count). The third kappa shape index (κ3) is 5.64. The maximum Gasteiger partial charge on any atom is 0.416 e. The Morgan fingerprint density at radius 3 is 2.44 bits per heavy atom. The molecule has 1 aromatic heterocycles. The Hall–Kier alpha value is -3.96. The number of aromatic nitrogens is 2. The number of hydrogen-bond acceptors (Lipinski definition) is 4. The molecule has 12 heteroatoms. The van der Waals surface area contributed by atoms with Gasteiger partial charge in [0.25, 0.3) is 12.3 Å². The normalized spacial score (nSPS) is 12.5. The number of carboxylic acids is 1. The second-order valence-electron chi connectivity index (χ2n) is 7.97. The van der Waals surface area contributed by atoms with Gasteiger partial charge in [0.2, 0.25) is 0 Å². The molecule has 1 atom stereocenters. The smallest absolute Gasteiger partial charge is 0.416 e. The first kappa shape index (κ1) is 26.6. The van der Waals surface area contributed by atoms with Crippen LogP contribution in [0, 0.1) is 0 Å². The van der Waals surface area contributed by atoms with Crippen molar-refractivity contribution in [2.24, 2.45) is 7.05 Å². The predicted molar refractivity (Wildman–Crippen MR) is 118 cm³/mol. The highest BCUT2D eigenvalue weighted by molar-refractivity contribution is 5.97. The summed E-state index contributed by atoms with van der Waals surface area (Å²) in [4.78, 5) is 24.4. The van der Waals surface area contributed by atoms with Crippen LogP contribution in [0.15, 0.2) is 42.5 Å². The number of alkyl halides is 5. The number of halogens is 5. The number of benzene rings is 2. The largest absolute Gasteiger partial charge is 0.496 e. The van der Waals surface area contributed by atoms with Gasteiger partial charge in [-0.05, 0) is 36.2 Å². The number of ether oxygens (including phenoxy) is 1. The average molecular weight is 511 g/mol. The lowest BCUT2D eigenvalue weighted by Crippen LogP contribution is -2.28. The van der Waals surface area contributed by atoms with Gasteiger partial charge in [-0.15, -0.1) is 0 Å². The number of carbonyl (C=O) groups is 2. The number of hydrogen-bond donors (Lipinski definition) is 2. The zero-order chi connectivity index (χ0) is 26.8. The van der Waals surface area contributed by atoms with Crippen LogP contribution >= 0.6 is 0 Å². The van der Waals surface area contributed by atoms with E-state index >= 15 is 0 Å². The van der Waals surface area contributed by atoms with E-state index < -0.39 is 47.3 Å². The summed E-state index contributed by atoms with van der Waals surface area (Å²) in [5.41, 5.74) is -1.67. The number of methoxy groups -OCH3 is 1. The van der Waals surface area contributed by atoms with Gasteiger partial charge >= 0.3 is 12.1 Å². The molecule has 3 aromatic rings. The highest BCUT2D eigenvalue weighted by atomic mass is 19.4. The average Bonchev–Trinajstić information content (AvgIpc) is 3.13. The molecule has 0 spiro atoms. The molecular formula is C24H22F5N3O4. The first-order chi connectivity index (χ1) is 16.8. The van der Waals surface area contributed by atoms with Crippen molar-refractivity contribution in [2.45, 2.75) is 32.0 Å². The van der Waals surface area contributed by atoms with E-state index in [1.54, 1.807) is 6.92 Å². The number of nitrogens with zero attached hydrogens (tertiary/aromatic N) is 2. The van der Waals surface area contributed by atoms with Crippen LogP contribution in [0.4, 0.5) is 22.0 Å². The van der Waals surface area contributed by atoms with E-state index in [9.17, 15) is 36.6 Å². The zero-order valence-corrected chi connectivity index (χ0v) is 19.4. The van der Waals surface area contributed by atoms with Crippen LogP contribution in [0.25, 0.3) is 0 Å². The Kier molecular flexibility index (Phi) is 7.65. The summed E-state index contributed by atoms with van der Waals surface area (Å²) in [7, 11) is 2.49. The number of aryl methyl sites for hydroxylation is 1. The van der Waals surface area contributed by atoms with Gasteiger partial charge in [-0.2, -0.15) is 18.3 Å². The van der Waals surface area contributed by atoms with Crippen LogP contribution in [0.5, 0.6) is 5.75 Å². The minimum Gasteiger partial charge on any atom is -0.496 e. The number of nitrogens with one attached hydrogen (secondary N) is 1. The van der Waals surface area contributed by atoms with E-state index in [-0.39, 0.29) is 29.0 Å². The summed E-state index contributed by atoms with van der Waals surface area (Å²) in [6.45, 7) is 1.55. The fourth-order valence-electron chi connectivity index (χ4n) is 3.77. The second kappa shape index (κ2) is 10.3. The summed E-state index contributed by atoms with van der Waals surface area (Å²) in [6.07, 6.45) is -7.96. The lowest BCUT2D eigenvalue weighted by molar-refractivity contribution is -0.137. The van der Waals surface area contributed by atoms with E-state index in [0.717, 1.165) is 16.8 Å². The lowest BCUT2D eigenvalue weighted by Gasteiger charge is -2.17. The van der Waals surface area contributed by atoms with Crippen molar-refractivity contribution in [1.82, 2.24) is 15.1 Å². The molecule has 2 aromatic carbocycles. The molecular weight excluding hydrogens is 489 g/mol. The van der Waals surface area contributed by atoms with Gasteiger partial charge in [-0.3, -0.25) is 9.48 Å². The minimum atomic E-state index is -4.60. The van der Waals surface area contributed by atoms with Crippen LogP contribution in [0.1, 0.15) is 68.2 Å². The molecule has 0 aliphatic heterocycles. The molecule has 0 fully saturated rings. The molecule has 36 heavy (non-hydrogen) atoms. The van der Waals surface area contributed by atoms with E-state index in [0.29, 0.717) is 5.56 Å². The second-order valence-corrected chi connectivity index (χ2v) is 7.97. The standard InChI is InChI=1S/C24H22F5N3O4/c1-12(14-7-8-16(23(34)35)18(11-14)36-3)30-22(33)19-17(31-32(2)20(19)21(25)26)10-13-5-4-6-15(9-13)24(27,28)29/h4-9,11-12,21H,10H2,1-3H3,(H,30,33)(H,34,35)/t12-/m0/s1. The summed E-state index contributed by atoms with van der Waals surface area (Å²) >= 11 is 0. The van der Waals surface area contributed by atoms with Crippen LogP contribution in [0.2, 0.25) is 0 Å². The summed E-state index contributed by atoms with van der Waals surface area (Å²) in [5, 5.41) is 15.8. The maximum atomic E-state index is 13.8. The number of rotatable bonds is 8. The van der Waals surface area contributed by atoms with Crippen molar-refractivity contribution < 1.29 is 41.4 Å². The molecule has 7 nitrogen and oxygen atoms in total. The topological polar surface area (TPSA) is 93.5 Å². The van der Waals surface area contributed by atoms with Gasteiger partial charge < -0.3 is 15.2 Å². The van der Waals surface area contributed by atoms with E-state index in [1.165, 1.54) is 44.5 Å². The van der Waals surface area contributed by atoms with E-state index in [4.69, 9.17) is 4.74 Å². The van der Waals surface area contributed by atoms with Crippen molar-refractivity contribution in [3.8, 4) is 5.75 Å². The Bertz CT molecular complexity index is 1290. The zero-order valence-electron chi connectivity index (χ0n) is 19.4. The molecule has 0 unspecified atom stereocenters. The Morgan fingerprint density at radius 1 is 1.17 bits per heavy atom. The molecule has 0 saturated carbocycles. The van der Waals surface area contributed by atoms with Crippen LogP contribution < -0.4 is 10.1 Å². The predicted octanol–water partition coefficient (Wildman–Crippen LogP) is 5.17. The quantitative estimate of drug-likeness (QED) is 0.408. The third-order valence-electron chi connectivity index (χ3n) is 5.53. The van der Waals surface area contributed by atoms with Crippen molar-refractivity contribution in [3.63, 3.8) is 0 Å². The number of aromatic carboxylic acids is 1. The molecule has 0 aliphatic carbocycles. The van der Waals surface area contributed by atoms with Crippen LogP contribution in [-0.4, -0.2) is 33.9 Å². The van der Waals surface area contributed by atoms with E-state index in [1.807, 2.05) is 0 Å². The van der Waals surface area contributed by atoms with Crippen molar-refractivity contribution in [1.29, 1.82) is 0 Å². The fourth-order valence-corrected chi connectivity index (χ4v) is 3.77. The molecule has 0 radical (unpaired) electrons. The van der Waals surface area contributed by atoms with Crippen LogP contribution in [0.3, 0.4) is 0 Å². The SMILES string of the molecule is COc1cc([C@H](C)NC(=O)c2c(Cc3cccc(C(F)(F)F)c3)nn(C)c2C(F)F)ccc1C(=O)O. The molecule has 0 bridgehead atoms. The van der Waals surface area contributed by atoms with Gasteiger partial charge in [-0.1, -0.05) is 24.3 Å². The minimum absolute atomic E-state index is 0.0426. The highest BCUT2D eigenvalue weighted by Crippen LogP contribution is 2.32. The first-order valence-corrected chi connectivity index (χ1v) is 10.6. The third-order valence-corrected chi connectivity index (χ3v) is 5.53. The molecule has 2 N–H and O–H groups in total. The molecule has 1 amide bonds. The van der Waals surface area contributed by atoms with Crippen molar-refractivity contribution in [2.75, 3.05) is 7.11 Å². The fraction of sp³-hybridized carbons (Fsp3) is 0.292. The Balaban J connectivity index is 1.95. The first-order valence-electron chi connectivity index (χ1n) is 10.6.